The number of hydrogen-bond donors (Lipinski definition) is 1. The number of carbonyl (C=O) groups is 1. The van der Waals surface area contributed by atoms with E-state index >= 15 is 0 Å². The molecular weight excluding hydrogens is 400 g/mol. The highest BCUT2D eigenvalue weighted by molar-refractivity contribution is 7.99. The predicted molar refractivity (Wildman–Crippen MR) is 109 cm³/mol. The van der Waals surface area contributed by atoms with E-state index in [4.69, 9.17) is 21.1 Å². The van der Waals surface area contributed by atoms with E-state index in [1.165, 1.54) is 11.8 Å². The van der Waals surface area contributed by atoms with Crippen molar-refractivity contribution in [1.29, 1.82) is 0 Å². The van der Waals surface area contributed by atoms with Crippen molar-refractivity contribution in [2.75, 3.05) is 17.7 Å². The molecule has 0 radical (unpaired) electrons. The third-order valence-corrected chi connectivity index (χ3v) is 4.85. The molecule has 1 aromatic heterocycles. The van der Waals surface area contributed by atoms with E-state index in [1.54, 1.807) is 41.2 Å². The van der Waals surface area contributed by atoms with Gasteiger partial charge in [0.2, 0.25) is 5.91 Å². The van der Waals surface area contributed by atoms with Crippen LogP contribution in [0.2, 0.25) is 5.02 Å². The largest absolute Gasteiger partial charge is 0.494 e. The lowest BCUT2D eigenvalue weighted by atomic mass is 10.2. The van der Waals surface area contributed by atoms with Gasteiger partial charge in [0.05, 0.1) is 18.0 Å². The molecule has 0 atom stereocenters. The molecule has 0 fully saturated rings. The molecule has 0 saturated heterocycles. The molecular formula is C19H19ClN4O3S. The van der Waals surface area contributed by atoms with Gasteiger partial charge < -0.3 is 19.4 Å². The number of anilines is 1. The predicted octanol–water partition coefficient (Wildman–Crippen LogP) is 4.39. The average Bonchev–Trinajstić information content (AvgIpc) is 3.09. The number of rotatable bonds is 8. The summed E-state index contributed by atoms with van der Waals surface area (Å²) < 4.78 is 13.1. The lowest BCUT2D eigenvalue weighted by Gasteiger charge is -2.13. The fourth-order valence-corrected chi connectivity index (χ4v) is 3.17. The minimum absolute atomic E-state index is 0.182. The molecule has 1 N–H and O–H groups in total. The number of amides is 1. The van der Waals surface area contributed by atoms with E-state index in [9.17, 15) is 4.79 Å². The summed E-state index contributed by atoms with van der Waals surface area (Å²) in [4.78, 5) is 12.3. The summed E-state index contributed by atoms with van der Waals surface area (Å²) in [7, 11) is 1.82. The van der Waals surface area contributed by atoms with Crippen molar-refractivity contribution in [2.24, 2.45) is 7.05 Å². The second-order valence-electron chi connectivity index (χ2n) is 5.71. The molecule has 3 aromatic rings. The Balaban J connectivity index is 1.67. The highest BCUT2D eigenvalue weighted by Crippen LogP contribution is 2.33. The van der Waals surface area contributed by atoms with Crippen LogP contribution in [0.5, 0.6) is 17.2 Å². The number of thioether (sulfide) groups is 1. The van der Waals surface area contributed by atoms with E-state index in [-0.39, 0.29) is 11.7 Å². The molecule has 0 aliphatic heterocycles. The zero-order valence-electron chi connectivity index (χ0n) is 15.4. The van der Waals surface area contributed by atoms with Crippen LogP contribution in [-0.4, -0.2) is 33.0 Å². The molecule has 0 bridgehead atoms. The number of aryl methyl sites for hydroxylation is 1. The van der Waals surface area contributed by atoms with Crippen molar-refractivity contribution in [3.63, 3.8) is 0 Å². The van der Waals surface area contributed by atoms with Crippen LogP contribution in [0.15, 0.2) is 53.9 Å². The van der Waals surface area contributed by atoms with Crippen LogP contribution in [0.1, 0.15) is 6.92 Å². The standard InChI is InChI=1S/C19H19ClN4O3S/c1-3-26-14-5-7-15(8-6-14)27-17-9-4-13(20)10-16(17)22-18(25)11-28-19-23-21-12-24(19)2/h4-10,12H,3,11H2,1-2H3,(H,22,25). The van der Waals surface area contributed by atoms with Crippen LogP contribution in [-0.2, 0) is 11.8 Å². The second kappa shape index (κ2) is 9.48. The molecule has 0 aliphatic rings. The summed E-state index contributed by atoms with van der Waals surface area (Å²) in [6, 6.07) is 12.3. The van der Waals surface area contributed by atoms with Gasteiger partial charge in [-0.3, -0.25) is 4.79 Å². The lowest BCUT2D eigenvalue weighted by molar-refractivity contribution is -0.113. The Morgan fingerprint density at radius 3 is 2.64 bits per heavy atom. The summed E-state index contributed by atoms with van der Waals surface area (Å²) in [6.45, 7) is 2.52. The number of benzene rings is 2. The molecule has 0 saturated carbocycles. The number of nitrogens with one attached hydrogen (secondary N) is 1. The molecule has 2 aromatic carbocycles. The van der Waals surface area contributed by atoms with E-state index in [0.29, 0.717) is 34.0 Å². The zero-order chi connectivity index (χ0) is 19.9. The van der Waals surface area contributed by atoms with Crippen LogP contribution >= 0.6 is 23.4 Å². The molecule has 0 spiro atoms. The summed E-state index contributed by atoms with van der Waals surface area (Å²) >= 11 is 7.38. The first kappa shape index (κ1) is 20.0. The first-order chi connectivity index (χ1) is 13.5. The lowest BCUT2D eigenvalue weighted by Crippen LogP contribution is -2.15. The molecule has 28 heavy (non-hydrogen) atoms. The quantitative estimate of drug-likeness (QED) is 0.546. The molecule has 1 amide bonds. The second-order valence-corrected chi connectivity index (χ2v) is 7.09. The fraction of sp³-hybridized carbons (Fsp3) is 0.211. The molecule has 3 rings (SSSR count). The van der Waals surface area contributed by atoms with Gasteiger partial charge in [0.1, 0.15) is 17.8 Å². The fourth-order valence-electron chi connectivity index (χ4n) is 2.31. The number of halogens is 1. The Morgan fingerprint density at radius 2 is 1.96 bits per heavy atom. The van der Waals surface area contributed by atoms with E-state index in [0.717, 1.165) is 5.75 Å². The van der Waals surface area contributed by atoms with Crippen molar-refractivity contribution >= 4 is 35.0 Å². The number of ether oxygens (including phenoxy) is 2. The SMILES string of the molecule is CCOc1ccc(Oc2ccc(Cl)cc2NC(=O)CSc2nncn2C)cc1. The van der Waals surface area contributed by atoms with Crippen molar-refractivity contribution < 1.29 is 14.3 Å². The summed E-state index contributed by atoms with van der Waals surface area (Å²) in [5.74, 6) is 1.86. The normalized spacial score (nSPS) is 10.5. The average molecular weight is 419 g/mol. The van der Waals surface area contributed by atoms with Gasteiger partial charge in [-0.15, -0.1) is 10.2 Å². The van der Waals surface area contributed by atoms with Crippen molar-refractivity contribution in [1.82, 2.24) is 14.8 Å². The van der Waals surface area contributed by atoms with E-state index < -0.39 is 0 Å². The molecule has 146 valence electrons. The summed E-state index contributed by atoms with van der Waals surface area (Å²) in [6.07, 6.45) is 1.58. The van der Waals surface area contributed by atoms with Gasteiger partial charge in [0.15, 0.2) is 10.9 Å². The monoisotopic (exact) mass is 418 g/mol. The van der Waals surface area contributed by atoms with Gasteiger partial charge in [0.25, 0.3) is 0 Å². The van der Waals surface area contributed by atoms with Crippen molar-refractivity contribution in [2.45, 2.75) is 12.1 Å². The minimum atomic E-state index is -0.202. The van der Waals surface area contributed by atoms with Crippen LogP contribution in [0, 0.1) is 0 Å². The number of nitrogens with zero attached hydrogens (tertiary/aromatic N) is 3. The third-order valence-electron chi connectivity index (χ3n) is 3.58. The van der Waals surface area contributed by atoms with Gasteiger partial charge in [-0.1, -0.05) is 23.4 Å². The molecule has 0 unspecified atom stereocenters. The minimum Gasteiger partial charge on any atom is -0.494 e. The number of aromatic nitrogens is 3. The molecule has 0 aliphatic carbocycles. The highest BCUT2D eigenvalue weighted by atomic mass is 35.5. The topological polar surface area (TPSA) is 78.3 Å². The third kappa shape index (κ3) is 5.40. The van der Waals surface area contributed by atoms with Gasteiger partial charge in [-0.2, -0.15) is 0 Å². The molecule has 9 heteroatoms. The zero-order valence-corrected chi connectivity index (χ0v) is 17.0. The summed E-state index contributed by atoms with van der Waals surface area (Å²) in [5, 5.41) is 11.7. The first-order valence-corrected chi connectivity index (χ1v) is 9.88. The van der Waals surface area contributed by atoms with E-state index in [2.05, 4.69) is 15.5 Å². The van der Waals surface area contributed by atoms with Crippen LogP contribution in [0.3, 0.4) is 0 Å². The van der Waals surface area contributed by atoms with Gasteiger partial charge in [0, 0.05) is 12.1 Å². The maximum absolute atomic E-state index is 12.3. The molecule has 1 heterocycles. The molecule has 7 nitrogen and oxygen atoms in total. The first-order valence-electron chi connectivity index (χ1n) is 8.52. The Morgan fingerprint density at radius 1 is 1.21 bits per heavy atom. The van der Waals surface area contributed by atoms with E-state index in [1.807, 2.05) is 26.1 Å². The number of carbonyl (C=O) groups excluding carboxylic acids is 1. The van der Waals surface area contributed by atoms with Gasteiger partial charge in [-0.05, 0) is 49.4 Å². The van der Waals surface area contributed by atoms with Crippen LogP contribution in [0.25, 0.3) is 0 Å². The Kier molecular flexibility index (Phi) is 6.78. The summed E-state index contributed by atoms with van der Waals surface area (Å²) in [5.41, 5.74) is 0.491. The highest BCUT2D eigenvalue weighted by Gasteiger charge is 2.12. The maximum Gasteiger partial charge on any atom is 0.234 e. The Labute approximate surface area is 172 Å². The van der Waals surface area contributed by atoms with Crippen LogP contribution in [0.4, 0.5) is 5.69 Å². The smallest absolute Gasteiger partial charge is 0.234 e. The van der Waals surface area contributed by atoms with Crippen LogP contribution < -0.4 is 14.8 Å². The number of hydrogen-bond acceptors (Lipinski definition) is 6. The Hall–Kier alpha value is -2.71. The van der Waals surface area contributed by atoms with Gasteiger partial charge >= 0.3 is 0 Å². The Bertz CT molecular complexity index is 947. The van der Waals surface area contributed by atoms with Gasteiger partial charge in [-0.25, -0.2) is 0 Å². The van der Waals surface area contributed by atoms with Crippen molar-refractivity contribution in [3.05, 3.63) is 53.8 Å². The van der Waals surface area contributed by atoms with Crippen molar-refractivity contribution in [3.8, 4) is 17.2 Å². The maximum atomic E-state index is 12.3.